The molecule has 0 aliphatic carbocycles. The molecule has 20 heavy (non-hydrogen) atoms. The Bertz CT molecular complexity index is 514. The van der Waals surface area contributed by atoms with Crippen molar-refractivity contribution in [2.75, 3.05) is 20.3 Å². The Balaban J connectivity index is 2.06. The summed E-state index contributed by atoms with van der Waals surface area (Å²) in [5.41, 5.74) is 1.20. The zero-order valence-corrected chi connectivity index (χ0v) is 13.0. The maximum atomic E-state index is 5.34. The summed E-state index contributed by atoms with van der Waals surface area (Å²) in [6, 6.07) is 14.6. The van der Waals surface area contributed by atoms with Crippen LogP contribution in [0.25, 0.3) is 0 Å². The van der Waals surface area contributed by atoms with Crippen molar-refractivity contribution in [2.24, 2.45) is 0 Å². The first-order valence-corrected chi connectivity index (χ1v) is 7.71. The summed E-state index contributed by atoms with van der Waals surface area (Å²) in [5.74, 6) is 0. The van der Waals surface area contributed by atoms with Crippen molar-refractivity contribution in [1.29, 1.82) is 0 Å². The third-order valence-corrected chi connectivity index (χ3v) is 4.03. The molecule has 0 unspecified atom stereocenters. The molecule has 0 spiro atoms. The van der Waals surface area contributed by atoms with Gasteiger partial charge in [0.1, 0.15) is 0 Å². The first-order valence-electron chi connectivity index (χ1n) is 6.43. The van der Waals surface area contributed by atoms with E-state index in [1.54, 1.807) is 18.4 Å². The molecule has 0 bridgehead atoms. The Hall–Kier alpha value is -1.43. The zero-order chi connectivity index (χ0) is 14.2. The van der Waals surface area contributed by atoms with Gasteiger partial charge in [-0.25, -0.2) is 0 Å². The molecular formula is C15H18N2OS2. The summed E-state index contributed by atoms with van der Waals surface area (Å²) >= 11 is 7.07. The van der Waals surface area contributed by atoms with E-state index in [1.807, 2.05) is 18.2 Å². The van der Waals surface area contributed by atoms with Gasteiger partial charge in [0.15, 0.2) is 5.11 Å². The minimum Gasteiger partial charge on any atom is -0.383 e. The van der Waals surface area contributed by atoms with Crippen LogP contribution >= 0.6 is 23.6 Å². The first kappa shape index (κ1) is 15.0. The van der Waals surface area contributed by atoms with Crippen molar-refractivity contribution in [2.45, 2.75) is 6.04 Å². The first-order chi connectivity index (χ1) is 9.81. The van der Waals surface area contributed by atoms with Gasteiger partial charge in [0.2, 0.25) is 0 Å². The Morgan fingerprint density at radius 1 is 1.25 bits per heavy atom. The smallest absolute Gasteiger partial charge is 0.167 e. The van der Waals surface area contributed by atoms with Crippen LogP contribution in [0.15, 0.2) is 47.8 Å². The van der Waals surface area contributed by atoms with Crippen LogP contribution in [-0.4, -0.2) is 25.4 Å². The van der Waals surface area contributed by atoms with E-state index >= 15 is 0 Å². The molecule has 2 rings (SSSR count). The van der Waals surface area contributed by atoms with Gasteiger partial charge in [-0.2, -0.15) is 0 Å². The molecule has 1 aromatic carbocycles. The van der Waals surface area contributed by atoms with Crippen molar-refractivity contribution in [3.05, 3.63) is 58.3 Å². The molecule has 0 amide bonds. The van der Waals surface area contributed by atoms with Gasteiger partial charge in [-0.1, -0.05) is 36.4 Å². The Kier molecular flexibility index (Phi) is 5.98. The molecule has 2 aromatic rings. The highest BCUT2D eigenvalue weighted by atomic mass is 32.1. The number of nitrogens with one attached hydrogen (secondary N) is 2. The lowest BCUT2D eigenvalue weighted by atomic mass is 10.1. The monoisotopic (exact) mass is 306 g/mol. The topological polar surface area (TPSA) is 33.3 Å². The maximum absolute atomic E-state index is 5.34. The number of ether oxygens (including phenoxy) is 1. The standard InChI is InChI=1S/C15H18N2OS2/c1-18-10-9-16-15(19)17-14(13-8-5-11-20-13)12-6-3-2-4-7-12/h2-8,11,14H,9-10H2,1H3,(H2,16,17,19)/t14-/m0/s1. The fourth-order valence-corrected chi connectivity index (χ4v) is 2.89. The van der Waals surface area contributed by atoms with Crippen molar-refractivity contribution in [1.82, 2.24) is 10.6 Å². The molecule has 1 aromatic heterocycles. The molecule has 0 saturated carbocycles. The fourth-order valence-electron chi connectivity index (χ4n) is 1.87. The molecular weight excluding hydrogens is 288 g/mol. The third kappa shape index (κ3) is 4.30. The molecule has 0 radical (unpaired) electrons. The number of rotatable bonds is 6. The van der Waals surface area contributed by atoms with Crippen molar-refractivity contribution in [3.63, 3.8) is 0 Å². The van der Waals surface area contributed by atoms with E-state index in [0.29, 0.717) is 18.3 Å². The molecule has 1 heterocycles. The number of hydrogen-bond donors (Lipinski definition) is 2. The highest BCUT2D eigenvalue weighted by Gasteiger charge is 2.15. The molecule has 0 aliphatic heterocycles. The normalized spacial score (nSPS) is 11.8. The average Bonchev–Trinajstić information content (AvgIpc) is 3.00. The van der Waals surface area contributed by atoms with E-state index in [1.165, 1.54) is 10.4 Å². The Labute approximate surface area is 129 Å². The molecule has 0 aliphatic rings. The highest BCUT2D eigenvalue weighted by molar-refractivity contribution is 7.80. The minimum absolute atomic E-state index is 0.0822. The van der Waals surface area contributed by atoms with Crippen LogP contribution < -0.4 is 10.6 Å². The molecule has 1 atom stereocenters. The van der Waals surface area contributed by atoms with Crippen LogP contribution in [0.3, 0.4) is 0 Å². The lowest BCUT2D eigenvalue weighted by molar-refractivity contribution is 0.204. The predicted octanol–water partition coefficient (Wildman–Crippen LogP) is 2.95. The summed E-state index contributed by atoms with van der Waals surface area (Å²) in [5, 5.41) is 9.24. The number of hydrogen-bond acceptors (Lipinski definition) is 3. The van der Waals surface area contributed by atoms with Gasteiger partial charge in [0.25, 0.3) is 0 Å². The van der Waals surface area contributed by atoms with Gasteiger partial charge >= 0.3 is 0 Å². The van der Waals surface area contributed by atoms with Crippen molar-refractivity contribution >= 4 is 28.7 Å². The van der Waals surface area contributed by atoms with E-state index in [2.05, 4.69) is 40.3 Å². The molecule has 5 heteroatoms. The van der Waals surface area contributed by atoms with Crippen LogP contribution in [0.5, 0.6) is 0 Å². The number of thiophene rings is 1. The van der Waals surface area contributed by atoms with Crippen LogP contribution in [0.1, 0.15) is 16.5 Å². The van der Waals surface area contributed by atoms with Gasteiger partial charge in [0, 0.05) is 18.5 Å². The second kappa shape index (κ2) is 7.99. The average molecular weight is 306 g/mol. The minimum atomic E-state index is 0.0822. The number of benzene rings is 1. The van der Waals surface area contributed by atoms with E-state index in [4.69, 9.17) is 17.0 Å². The van der Waals surface area contributed by atoms with Gasteiger partial charge in [-0.05, 0) is 29.2 Å². The molecule has 2 N–H and O–H groups in total. The van der Waals surface area contributed by atoms with E-state index < -0.39 is 0 Å². The maximum Gasteiger partial charge on any atom is 0.167 e. The molecule has 0 saturated heterocycles. The Morgan fingerprint density at radius 3 is 2.70 bits per heavy atom. The largest absolute Gasteiger partial charge is 0.383 e. The van der Waals surface area contributed by atoms with Crippen LogP contribution in [0, 0.1) is 0 Å². The van der Waals surface area contributed by atoms with Gasteiger partial charge in [-0.15, -0.1) is 11.3 Å². The second-order valence-electron chi connectivity index (χ2n) is 4.25. The van der Waals surface area contributed by atoms with E-state index in [9.17, 15) is 0 Å². The highest BCUT2D eigenvalue weighted by Crippen LogP contribution is 2.25. The lowest BCUT2D eigenvalue weighted by Crippen LogP contribution is -2.39. The van der Waals surface area contributed by atoms with Gasteiger partial charge in [-0.3, -0.25) is 0 Å². The summed E-state index contributed by atoms with van der Waals surface area (Å²) in [6.45, 7) is 1.34. The van der Waals surface area contributed by atoms with Gasteiger partial charge in [0.05, 0.1) is 12.6 Å². The van der Waals surface area contributed by atoms with E-state index in [-0.39, 0.29) is 6.04 Å². The number of thiocarbonyl (C=S) groups is 1. The summed E-state index contributed by atoms with van der Waals surface area (Å²) < 4.78 is 5.01. The lowest BCUT2D eigenvalue weighted by Gasteiger charge is -2.20. The molecule has 106 valence electrons. The predicted molar refractivity (Wildman–Crippen MR) is 88.2 cm³/mol. The quantitative estimate of drug-likeness (QED) is 0.635. The SMILES string of the molecule is COCCNC(=S)N[C@@H](c1ccccc1)c1cccs1. The third-order valence-electron chi connectivity index (χ3n) is 2.83. The van der Waals surface area contributed by atoms with Crippen molar-refractivity contribution in [3.8, 4) is 0 Å². The van der Waals surface area contributed by atoms with Crippen molar-refractivity contribution < 1.29 is 4.74 Å². The number of methoxy groups -OCH3 is 1. The van der Waals surface area contributed by atoms with Crippen LogP contribution in [0.4, 0.5) is 0 Å². The zero-order valence-electron chi connectivity index (χ0n) is 11.3. The van der Waals surface area contributed by atoms with Crippen LogP contribution in [-0.2, 0) is 4.74 Å². The van der Waals surface area contributed by atoms with E-state index in [0.717, 1.165) is 0 Å². The van der Waals surface area contributed by atoms with Gasteiger partial charge < -0.3 is 15.4 Å². The summed E-state index contributed by atoms with van der Waals surface area (Å²) in [7, 11) is 1.68. The molecule has 3 nitrogen and oxygen atoms in total. The molecule has 0 fully saturated rings. The fraction of sp³-hybridized carbons (Fsp3) is 0.267. The summed E-state index contributed by atoms with van der Waals surface area (Å²) in [6.07, 6.45) is 0. The second-order valence-corrected chi connectivity index (χ2v) is 5.64. The summed E-state index contributed by atoms with van der Waals surface area (Å²) in [4.78, 5) is 1.24. The van der Waals surface area contributed by atoms with Crippen LogP contribution in [0.2, 0.25) is 0 Å². The Morgan fingerprint density at radius 2 is 2.05 bits per heavy atom.